The molecule has 0 amide bonds. The summed E-state index contributed by atoms with van der Waals surface area (Å²) in [5.41, 5.74) is 2.60. The van der Waals surface area contributed by atoms with E-state index >= 15 is 0 Å². The fourth-order valence-electron chi connectivity index (χ4n) is 1.58. The third-order valence-corrected chi connectivity index (χ3v) is 6.14. The van der Waals surface area contributed by atoms with Gasteiger partial charge in [-0.05, 0) is 31.5 Å². The van der Waals surface area contributed by atoms with Gasteiger partial charge in [-0.1, -0.05) is 23.2 Å². The van der Waals surface area contributed by atoms with Crippen LogP contribution in [0.25, 0.3) is 0 Å². The van der Waals surface area contributed by atoms with Gasteiger partial charge < -0.3 is 0 Å². The van der Waals surface area contributed by atoms with E-state index in [-0.39, 0.29) is 15.7 Å². The van der Waals surface area contributed by atoms with Crippen molar-refractivity contribution in [3.63, 3.8) is 0 Å². The van der Waals surface area contributed by atoms with Crippen molar-refractivity contribution in [3.8, 4) is 0 Å². The zero-order valence-electron chi connectivity index (χ0n) is 10.1. The normalized spacial score (nSPS) is 11.7. The zero-order chi connectivity index (χ0) is 14.0. The SMILES string of the molecule is Cc1ncsc1CCS(=O)(=O)c1ccc(Cl)c(Cl)c1. The van der Waals surface area contributed by atoms with Crippen LogP contribution in [0.5, 0.6) is 0 Å². The standard InChI is InChI=1S/C12H11Cl2NO2S2/c1-8-12(18-7-15-8)4-5-19(16,17)9-2-3-10(13)11(14)6-9/h2-3,6-7H,4-5H2,1H3. The van der Waals surface area contributed by atoms with Crippen molar-refractivity contribution in [2.45, 2.75) is 18.2 Å². The second-order valence-corrected chi connectivity index (χ2v) is 7.87. The van der Waals surface area contributed by atoms with Crippen molar-refractivity contribution in [2.75, 3.05) is 5.75 Å². The summed E-state index contributed by atoms with van der Waals surface area (Å²) >= 11 is 13.1. The molecule has 0 aliphatic heterocycles. The van der Waals surface area contributed by atoms with Gasteiger partial charge in [0.1, 0.15) is 0 Å². The summed E-state index contributed by atoms with van der Waals surface area (Å²) in [5.74, 6) is 0.0357. The first-order valence-electron chi connectivity index (χ1n) is 5.47. The maximum atomic E-state index is 12.2. The molecule has 0 saturated heterocycles. The molecule has 0 N–H and O–H groups in total. The zero-order valence-corrected chi connectivity index (χ0v) is 13.2. The van der Waals surface area contributed by atoms with Crippen LogP contribution >= 0.6 is 34.5 Å². The van der Waals surface area contributed by atoms with Crippen LogP contribution in [-0.2, 0) is 16.3 Å². The van der Waals surface area contributed by atoms with Gasteiger partial charge in [-0.15, -0.1) is 11.3 Å². The Hall–Kier alpha value is -0.620. The summed E-state index contributed by atoms with van der Waals surface area (Å²) in [6.07, 6.45) is 0.457. The fraction of sp³-hybridized carbons (Fsp3) is 0.250. The molecule has 1 aromatic carbocycles. The number of halogens is 2. The third-order valence-electron chi connectivity index (χ3n) is 2.69. The maximum Gasteiger partial charge on any atom is 0.178 e. The number of hydrogen-bond donors (Lipinski definition) is 0. The Morgan fingerprint density at radius 2 is 2.00 bits per heavy atom. The molecule has 19 heavy (non-hydrogen) atoms. The van der Waals surface area contributed by atoms with Gasteiger partial charge in [0.25, 0.3) is 0 Å². The molecule has 102 valence electrons. The molecule has 0 atom stereocenters. The molecule has 2 rings (SSSR count). The van der Waals surface area contributed by atoms with E-state index in [1.165, 1.54) is 29.5 Å². The molecule has 0 bridgehead atoms. The van der Waals surface area contributed by atoms with Crippen LogP contribution in [0.3, 0.4) is 0 Å². The quantitative estimate of drug-likeness (QED) is 0.854. The number of rotatable bonds is 4. The topological polar surface area (TPSA) is 47.0 Å². The minimum atomic E-state index is -3.36. The monoisotopic (exact) mass is 335 g/mol. The Labute approximate surface area is 126 Å². The Kier molecular flexibility index (Phi) is 4.50. The van der Waals surface area contributed by atoms with E-state index in [1.54, 1.807) is 5.51 Å². The Morgan fingerprint density at radius 3 is 2.58 bits per heavy atom. The molecule has 0 aliphatic rings. The molecule has 0 aliphatic carbocycles. The van der Waals surface area contributed by atoms with Crippen molar-refractivity contribution < 1.29 is 8.42 Å². The second-order valence-electron chi connectivity index (χ2n) is 4.01. The first kappa shape index (κ1) is 14.8. The predicted octanol–water partition coefficient (Wildman–Crippen LogP) is 3.77. The summed E-state index contributed by atoms with van der Waals surface area (Å²) in [6.45, 7) is 1.87. The summed E-state index contributed by atoms with van der Waals surface area (Å²) in [6, 6.07) is 4.36. The van der Waals surface area contributed by atoms with Crippen molar-refractivity contribution >= 4 is 44.4 Å². The van der Waals surface area contributed by atoms with E-state index in [4.69, 9.17) is 23.2 Å². The highest BCUT2D eigenvalue weighted by atomic mass is 35.5. The predicted molar refractivity (Wildman–Crippen MR) is 79.1 cm³/mol. The number of nitrogens with zero attached hydrogens (tertiary/aromatic N) is 1. The van der Waals surface area contributed by atoms with Crippen molar-refractivity contribution in [2.24, 2.45) is 0 Å². The second kappa shape index (κ2) is 5.79. The van der Waals surface area contributed by atoms with Crippen LogP contribution in [0.2, 0.25) is 10.0 Å². The van der Waals surface area contributed by atoms with E-state index in [9.17, 15) is 8.42 Å². The van der Waals surface area contributed by atoms with Gasteiger partial charge in [-0.3, -0.25) is 0 Å². The van der Waals surface area contributed by atoms with Crippen LogP contribution in [0.15, 0.2) is 28.6 Å². The smallest absolute Gasteiger partial charge is 0.178 e. The molecule has 0 fully saturated rings. The summed E-state index contributed by atoms with van der Waals surface area (Å²) < 4.78 is 24.4. The number of aromatic nitrogens is 1. The van der Waals surface area contributed by atoms with Crippen molar-refractivity contribution in [3.05, 3.63) is 44.3 Å². The highest BCUT2D eigenvalue weighted by Crippen LogP contribution is 2.26. The molecule has 3 nitrogen and oxygen atoms in total. The lowest BCUT2D eigenvalue weighted by Gasteiger charge is -2.05. The molecular formula is C12H11Cl2NO2S2. The molecule has 1 aromatic heterocycles. The van der Waals surface area contributed by atoms with Crippen LogP contribution in [-0.4, -0.2) is 19.2 Å². The van der Waals surface area contributed by atoms with E-state index in [0.29, 0.717) is 11.4 Å². The van der Waals surface area contributed by atoms with Gasteiger partial charge in [0.15, 0.2) is 9.84 Å². The van der Waals surface area contributed by atoms with Crippen LogP contribution in [0.1, 0.15) is 10.6 Å². The maximum absolute atomic E-state index is 12.2. The van der Waals surface area contributed by atoms with Gasteiger partial charge in [-0.2, -0.15) is 0 Å². The highest BCUT2D eigenvalue weighted by molar-refractivity contribution is 7.91. The molecular weight excluding hydrogens is 325 g/mol. The first-order valence-corrected chi connectivity index (χ1v) is 8.76. The molecule has 0 spiro atoms. The van der Waals surface area contributed by atoms with E-state index in [0.717, 1.165) is 10.6 Å². The first-order chi connectivity index (χ1) is 8.90. The summed E-state index contributed by atoms with van der Waals surface area (Å²) in [5, 5.41) is 0.593. The number of aryl methyl sites for hydroxylation is 2. The largest absolute Gasteiger partial charge is 0.250 e. The fourth-order valence-corrected chi connectivity index (χ4v) is 4.14. The van der Waals surface area contributed by atoms with Crippen LogP contribution < -0.4 is 0 Å². The van der Waals surface area contributed by atoms with Crippen LogP contribution in [0, 0.1) is 6.92 Å². The van der Waals surface area contributed by atoms with Crippen molar-refractivity contribution in [1.82, 2.24) is 4.98 Å². The number of thiazole rings is 1. The van der Waals surface area contributed by atoms with Crippen molar-refractivity contribution in [1.29, 1.82) is 0 Å². The molecule has 0 saturated carbocycles. The Bertz CT molecular complexity index is 696. The average molecular weight is 336 g/mol. The highest BCUT2D eigenvalue weighted by Gasteiger charge is 2.17. The lowest BCUT2D eigenvalue weighted by molar-refractivity contribution is 0.595. The van der Waals surface area contributed by atoms with E-state index < -0.39 is 9.84 Å². The third kappa shape index (κ3) is 3.48. The number of benzene rings is 1. The Balaban J connectivity index is 2.18. The van der Waals surface area contributed by atoms with Crippen LogP contribution in [0.4, 0.5) is 0 Å². The lowest BCUT2D eigenvalue weighted by atomic mass is 10.3. The Morgan fingerprint density at radius 1 is 1.26 bits per heavy atom. The molecule has 0 unspecified atom stereocenters. The molecule has 0 radical (unpaired) electrons. The average Bonchev–Trinajstić information content (AvgIpc) is 2.76. The van der Waals surface area contributed by atoms with Gasteiger partial charge in [0.2, 0.25) is 0 Å². The van der Waals surface area contributed by atoms with E-state index in [1.807, 2.05) is 6.92 Å². The van der Waals surface area contributed by atoms with Gasteiger partial charge in [0, 0.05) is 4.88 Å². The lowest BCUT2D eigenvalue weighted by Crippen LogP contribution is -2.09. The minimum Gasteiger partial charge on any atom is -0.250 e. The van der Waals surface area contributed by atoms with E-state index in [2.05, 4.69) is 4.98 Å². The summed E-state index contributed by atoms with van der Waals surface area (Å²) in [4.78, 5) is 5.29. The molecule has 1 heterocycles. The number of hydrogen-bond acceptors (Lipinski definition) is 4. The molecule has 7 heteroatoms. The summed E-state index contributed by atoms with van der Waals surface area (Å²) in [7, 11) is -3.36. The molecule has 2 aromatic rings. The minimum absolute atomic E-state index is 0.0357. The van der Waals surface area contributed by atoms with Gasteiger partial charge >= 0.3 is 0 Å². The van der Waals surface area contributed by atoms with Gasteiger partial charge in [-0.25, -0.2) is 13.4 Å². The number of sulfone groups is 1. The van der Waals surface area contributed by atoms with Gasteiger partial charge in [0.05, 0.1) is 31.9 Å².